The molecule has 1 N–H and O–H groups in total. The van der Waals surface area contributed by atoms with Crippen molar-refractivity contribution in [3.05, 3.63) is 0 Å². The Morgan fingerprint density at radius 1 is 1.50 bits per heavy atom. The van der Waals surface area contributed by atoms with Gasteiger partial charge in [0.2, 0.25) is 0 Å². The summed E-state index contributed by atoms with van der Waals surface area (Å²) < 4.78 is 6.87. The Hall–Kier alpha value is 0.150. The van der Waals surface area contributed by atoms with Gasteiger partial charge in [-0.25, -0.2) is 0 Å². The molecule has 0 spiro atoms. The molecule has 0 aromatic rings. The average molecular weight is 189 g/mol. The van der Waals surface area contributed by atoms with Crippen LogP contribution in [0.25, 0.3) is 0 Å². The first-order valence-corrected chi connectivity index (χ1v) is 6.33. The zero-order chi connectivity index (χ0) is 9.19. The van der Waals surface area contributed by atoms with Crippen molar-refractivity contribution in [1.29, 1.82) is 0 Å². The van der Waals surface area contributed by atoms with Crippen LogP contribution < -0.4 is 5.09 Å². The molecular formula is C8H20N3P. The van der Waals surface area contributed by atoms with Crippen molar-refractivity contribution in [2.75, 3.05) is 27.7 Å². The molecule has 1 aliphatic rings. The fourth-order valence-corrected chi connectivity index (χ4v) is 5.27. The lowest BCUT2D eigenvalue weighted by atomic mass is 10.2. The van der Waals surface area contributed by atoms with Crippen LogP contribution in [0.3, 0.4) is 0 Å². The summed E-state index contributed by atoms with van der Waals surface area (Å²) in [7, 11) is 4.89. The Morgan fingerprint density at radius 2 is 2.17 bits per heavy atom. The zero-order valence-corrected chi connectivity index (χ0v) is 9.43. The minimum absolute atomic E-state index is 0.714. The first kappa shape index (κ1) is 10.2. The van der Waals surface area contributed by atoms with Crippen LogP contribution in [0.15, 0.2) is 4.74 Å². The molecule has 0 bridgehead atoms. The Morgan fingerprint density at radius 3 is 2.50 bits per heavy atom. The topological polar surface area (TPSA) is 27.6 Å². The highest BCUT2D eigenvalue weighted by molar-refractivity contribution is 7.62. The standard InChI is InChI=1S/C8H20N3P/c1-8-6-5-7-10-12(8,9-2)11(3)4/h8,10H,5-7H2,1-4H3. The van der Waals surface area contributed by atoms with E-state index in [0.29, 0.717) is 5.66 Å². The van der Waals surface area contributed by atoms with Crippen molar-refractivity contribution in [1.82, 2.24) is 9.76 Å². The maximum Gasteiger partial charge on any atom is 0.0961 e. The van der Waals surface area contributed by atoms with E-state index in [9.17, 15) is 0 Å². The van der Waals surface area contributed by atoms with E-state index in [4.69, 9.17) is 0 Å². The third kappa shape index (κ3) is 1.59. The lowest BCUT2D eigenvalue weighted by molar-refractivity contribution is 0.572. The highest BCUT2D eigenvalue weighted by atomic mass is 31.2. The number of rotatable bonds is 1. The molecule has 0 saturated carbocycles. The van der Waals surface area contributed by atoms with Crippen molar-refractivity contribution in [3.63, 3.8) is 0 Å². The van der Waals surface area contributed by atoms with Gasteiger partial charge in [-0.15, -0.1) is 0 Å². The van der Waals surface area contributed by atoms with Crippen molar-refractivity contribution >= 4 is 7.36 Å². The van der Waals surface area contributed by atoms with Gasteiger partial charge in [0.25, 0.3) is 0 Å². The van der Waals surface area contributed by atoms with Crippen molar-refractivity contribution in [3.8, 4) is 0 Å². The lowest BCUT2D eigenvalue weighted by Crippen LogP contribution is -2.33. The van der Waals surface area contributed by atoms with Crippen LogP contribution in [0.2, 0.25) is 0 Å². The van der Waals surface area contributed by atoms with E-state index in [-0.39, 0.29) is 0 Å². The minimum Gasteiger partial charge on any atom is -0.277 e. The minimum atomic E-state index is -1.33. The molecule has 0 amide bonds. The molecule has 3 nitrogen and oxygen atoms in total. The summed E-state index contributed by atoms with van der Waals surface area (Å²) in [5.74, 6) is 0. The molecule has 0 aromatic carbocycles. The van der Waals surface area contributed by atoms with Gasteiger partial charge in [-0.2, -0.15) is 0 Å². The molecule has 12 heavy (non-hydrogen) atoms. The van der Waals surface area contributed by atoms with E-state index in [2.05, 4.69) is 35.5 Å². The Bertz CT molecular complexity index is 200. The molecule has 72 valence electrons. The molecule has 1 saturated heterocycles. The molecule has 1 rings (SSSR count). The molecule has 0 radical (unpaired) electrons. The van der Waals surface area contributed by atoms with Crippen LogP contribution >= 0.6 is 7.36 Å². The zero-order valence-electron chi connectivity index (χ0n) is 8.54. The van der Waals surface area contributed by atoms with Gasteiger partial charge in [-0.3, -0.25) is 14.5 Å². The van der Waals surface area contributed by atoms with E-state index < -0.39 is 7.36 Å². The van der Waals surface area contributed by atoms with E-state index in [1.54, 1.807) is 0 Å². The summed E-state index contributed by atoms with van der Waals surface area (Å²) >= 11 is 0. The fourth-order valence-electron chi connectivity index (χ4n) is 1.96. The molecule has 1 fully saturated rings. The van der Waals surface area contributed by atoms with Gasteiger partial charge in [0.1, 0.15) is 0 Å². The van der Waals surface area contributed by atoms with Crippen LogP contribution in [0, 0.1) is 0 Å². The second-order valence-corrected chi connectivity index (χ2v) is 7.29. The third-order valence-corrected chi connectivity index (χ3v) is 6.68. The molecule has 2 atom stereocenters. The predicted octanol–water partition coefficient (Wildman–Crippen LogP) is 1.98. The van der Waals surface area contributed by atoms with Crippen LogP contribution in [-0.2, 0) is 0 Å². The highest BCUT2D eigenvalue weighted by Crippen LogP contribution is 2.54. The van der Waals surface area contributed by atoms with Crippen molar-refractivity contribution in [2.24, 2.45) is 4.74 Å². The van der Waals surface area contributed by atoms with E-state index in [1.165, 1.54) is 12.8 Å². The molecule has 1 aliphatic heterocycles. The number of nitrogens with one attached hydrogen (secondary N) is 1. The van der Waals surface area contributed by atoms with E-state index >= 15 is 0 Å². The fraction of sp³-hybridized carbons (Fsp3) is 1.00. The van der Waals surface area contributed by atoms with Gasteiger partial charge in [0, 0.05) is 19.3 Å². The SMILES string of the molecule is CN=P1(N(C)C)NCCCC1C. The van der Waals surface area contributed by atoms with E-state index in [1.807, 2.05) is 7.05 Å². The first-order valence-electron chi connectivity index (χ1n) is 4.56. The normalized spacial score (nSPS) is 36.9. The second-order valence-electron chi connectivity index (χ2n) is 3.60. The molecular weight excluding hydrogens is 169 g/mol. The predicted molar refractivity (Wildman–Crippen MR) is 55.7 cm³/mol. The summed E-state index contributed by atoms with van der Waals surface area (Å²) in [6.07, 6.45) is 2.61. The third-order valence-electron chi connectivity index (χ3n) is 2.67. The largest absolute Gasteiger partial charge is 0.277 e. The lowest BCUT2D eigenvalue weighted by Gasteiger charge is -2.40. The van der Waals surface area contributed by atoms with E-state index in [0.717, 1.165) is 6.54 Å². The van der Waals surface area contributed by atoms with Crippen molar-refractivity contribution in [2.45, 2.75) is 25.4 Å². The smallest absolute Gasteiger partial charge is 0.0961 e. The summed E-state index contributed by atoms with van der Waals surface area (Å²) in [5.41, 5.74) is 0.714. The summed E-state index contributed by atoms with van der Waals surface area (Å²) in [4.78, 5) is 0. The van der Waals surface area contributed by atoms with Gasteiger partial charge < -0.3 is 0 Å². The Labute approximate surface area is 75.7 Å². The molecule has 1 heterocycles. The van der Waals surface area contributed by atoms with Gasteiger partial charge in [0.15, 0.2) is 0 Å². The number of hydrogen-bond acceptors (Lipinski definition) is 1. The van der Waals surface area contributed by atoms with Gasteiger partial charge in [-0.1, -0.05) is 6.92 Å². The van der Waals surface area contributed by atoms with Crippen LogP contribution in [0.4, 0.5) is 0 Å². The molecule has 2 unspecified atom stereocenters. The average Bonchev–Trinajstić information content (AvgIpc) is 2.05. The van der Waals surface area contributed by atoms with Crippen LogP contribution in [0.1, 0.15) is 19.8 Å². The Balaban J connectivity index is 2.90. The molecule has 0 aromatic heterocycles. The number of hydrogen-bond donors (Lipinski definition) is 1. The quantitative estimate of drug-likeness (QED) is 0.639. The van der Waals surface area contributed by atoms with Gasteiger partial charge >= 0.3 is 0 Å². The monoisotopic (exact) mass is 189 g/mol. The molecule has 0 aliphatic carbocycles. The van der Waals surface area contributed by atoms with Crippen LogP contribution in [-0.4, -0.2) is 38.0 Å². The second kappa shape index (κ2) is 3.91. The van der Waals surface area contributed by atoms with Crippen molar-refractivity contribution < 1.29 is 0 Å². The maximum atomic E-state index is 4.59. The number of nitrogens with zero attached hydrogens (tertiary/aromatic N) is 2. The van der Waals surface area contributed by atoms with Gasteiger partial charge in [0.05, 0.1) is 7.36 Å². The molecule has 4 heteroatoms. The summed E-state index contributed by atoms with van der Waals surface area (Å²) in [6, 6.07) is 0. The highest BCUT2D eigenvalue weighted by Gasteiger charge is 2.30. The van der Waals surface area contributed by atoms with Gasteiger partial charge in [-0.05, 0) is 26.9 Å². The van der Waals surface area contributed by atoms with Crippen LogP contribution in [0.5, 0.6) is 0 Å². The first-order chi connectivity index (χ1) is 5.63. The maximum absolute atomic E-state index is 4.59. The summed E-state index contributed by atoms with van der Waals surface area (Å²) in [6.45, 7) is 3.45. The Kier molecular flexibility index (Phi) is 3.33. The summed E-state index contributed by atoms with van der Waals surface area (Å²) in [5, 5.41) is 3.60.